The lowest BCUT2D eigenvalue weighted by Gasteiger charge is -2.36. The van der Waals surface area contributed by atoms with E-state index in [1.807, 2.05) is 0 Å². The van der Waals surface area contributed by atoms with Gasteiger partial charge in [-0.15, -0.1) is 0 Å². The fourth-order valence-electron chi connectivity index (χ4n) is 5.71. The van der Waals surface area contributed by atoms with E-state index in [0.29, 0.717) is 5.92 Å². The van der Waals surface area contributed by atoms with Gasteiger partial charge in [0.25, 0.3) is 5.97 Å². The van der Waals surface area contributed by atoms with Crippen LogP contribution in [0.15, 0.2) is 0 Å². The van der Waals surface area contributed by atoms with Crippen LogP contribution in [0, 0.1) is 5.92 Å². The maximum Gasteiger partial charge on any atom is 0.285 e. The van der Waals surface area contributed by atoms with E-state index in [4.69, 9.17) is 14.2 Å². The van der Waals surface area contributed by atoms with E-state index in [2.05, 4.69) is 13.8 Å². The van der Waals surface area contributed by atoms with Crippen molar-refractivity contribution in [1.29, 1.82) is 0 Å². The predicted octanol–water partition coefficient (Wildman–Crippen LogP) is 11.4. The molecule has 0 amide bonds. The Morgan fingerprint density at radius 2 is 0.583 bits per heavy atom. The van der Waals surface area contributed by atoms with Crippen LogP contribution < -0.4 is 0 Å². The van der Waals surface area contributed by atoms with Crippen molar-refractivity contribution in [1.82, 2.24) is 0 Å². The zero-order valence-corrected chi connectivity index (χ0v) is 25.7. The second-order valence-electron chi connectivity index (χ2n) is 11.3. The molecule has 0 rings (SSSR count). The quantitative estimate of drug-likeness (QED) is 0.0707. The fraction of sp³-hybridized carbons (Fsp3) is 1.00. The first kappa shape index (κ1) is 35.9. The van der Waals surface area contributed by atoms with Crippen LogP contribution in [0.4, 0.5) is 0 Å². The molecule has 0 aromatic heterocycles. The van der Waals surface area contributed by atoms with Crippen molar-refractivity contribution < 1.29 is 14.2 Å². The van der Waals surface area contributed by atoms with Crippen LogP contribution in [0.3, 0.4) is 0 Å². The van der Waals surface area contributed by atoms with E-state index >= 15 is 0 Å². The van der Waals surface area contributed by atoms with Crippen LogP contribution >= 0.6 is 0 Å². The molecule has 36 heavy (non-hydrogen) atoms. The third-order valence-electron chi connectivity index (χ3n) is 8.17. The Kier molecular flexibility index (Phi) is 27.8. The Bertz CT molecular complexity index is 399. The van der Waals surface area contributed by atoms with Crippen molar-refractivity contribution in [2.24, 2.45) is 5.92 Å². The molecule has 0 heterocycles. The summed E-state index contributed by atoms with van der Waals surface area (Å²) in [7, 11) is 5.16. The molecule has 3 heteroatoms. The molecule has 0 spiro atoms. The van der Waals surface area contributed by atoms with Crippen molar-refractivity contribution in [3.05, 3.63) is 0 Å². The van der Waals surface area contributed by atoms with E-state index in [9.17, 15) is 0 Å². The summed E-state index contributed by atoms with van der Waals surface area (Å²) >= 11 is 0. The van der Waals surface area contributed by atoms with Gasteiger partial charge in [0.2, 0.25) is 0 Å². The van der Waals surface area contributed by atoms with E-state index in [0.717, 1.165) is 12.8 Å². The maximum atomic E-state index is 5.74. The van der Waals surface area contributed by atoms with Gasteiger partial charge in [-0.1, -0.05) is 168 Å². The van der Waals surface area contributed by atoms with E-state index < -0.39 is 5.97 Å². The minimum absolute atomic E-state index is 0.310. The Hall–Kier alpha value is -0.120. The largest absolute Gasteiger partial charge is 0.331 e. The SMILES string of the molecule is CCCCCCCCCCCCCCCCCCCCC(CCCCCCCC)C(OC)(OC)OC. The molecular weight excluding hydrogens is 444 g/mol. The average molecular weight is 513 g/mol. The first-order chi connectivity index (χ1) is 17.7. The average Bonchev–Trinajstić information content (AvgIpc) is 2.90. The minimum Gasteiger partial charge on any atom is -0.331 e. The zero-order valence-electron chi connectivity index (χ0n) is 25.7. The van der Waals surface area contributed by atoms with Gasteiger partial charge in [0.1, 0.15) is 0 Å². The summed E-state index contributed by atoms with van der Waals surface area (Å²) in [6.45, 7) is 4.58. The molecule has 0 saturated carbocycles. The lowest BCUT2D eigenvalue weighted by Crippen LogP contribution is -2.44. The molecule has 0 fully saturated rings. The first-order valence-electron chi connectivity index (χ1n) is 16.4. The van der Waals surface area contributed by atoms with Crippen LogP contribution in [0.2, 0.25) is 0 Å². The molecule has 0 aromatic rings. The molecule has 0 bridgehead atoms. The lowest BCUT2D eigenvalue weighted by atomic mass is 9.91. The van der Waals surface area contributed by atoms with Crippen LogP contribution in [0.5, 0.6) is 0 Å². The summed E-state index contributed by atoms with van der Waals surface area (Å²) in [6.07, 6.45) is 35.7. The number of rotatable bonds is 30. The second kappa shape index (κ2) is 27.9. The standard InChI is InChI=1S/C33H68O3/c1-6-8-10-12-14-15-16-17-18-19-20-21-22-23-24-25-27-29-31-32(33(34-3,35-4)36-5)30-28-26-13-11-9-7-2/h32H,6-31H2,1-5H3. The van der Waals surface area contributed by atoms with Crippen LogP contribution in [0.25, 0.3) is 0 Å². The Balaban J connectivity index is 3.75. The smallest absolute Gasteiger partial charge is 0.285 e. The summed E-state index contributed by atoms with van der Waals surface area (Å²) < 4.78 is 17.2. The molecular formula is C33H68O3. The number of ether oxygens (including phenoxy) is 3. The fourth-order valence-corrected chi connectivity index (χ4v) is 5.71. The van der Waals surface area contributed by atoms with Crippen molar-refractivity contribution in [3.8, 4) is 0 Å². The summed E-state index contributed by atoms with van der Waals surface area (Å²) in [4.78, 5) is 0. The van der Waals surface area contributed by atoms with Crippen LogP contribution in [-0.4, -0.2) is 27.3 Å². The van der Waals surface area contributed by atoms with E-state index in [1.165, 1.54) is 154 Å². The van der Waals surface area contributed by atoms with Gasteiger partial charge in [-0.2, -0.15) is 0 Å². The molecule has 0 radical (unpaired) electrons. The molecule has 0 N–H and O–H groups in total. The molecule has 0 saturated heterocycles. The summed E-state index contributed by atoms with van der Waals surface area (Å²) in [6, 6.07) is 0. The first-order valence-corrected chi connectivity index (χ1v) is 16.4. The van der Waals surface area contributed by atoms with Gasteiger partial charge in [-0.3, -0.25) is 0 Å². The Morgan fingerprint density at radius 1 is 0.361 bits per heavy atom. The third-order valence-corrected chi connectivity index (χ3v) is 8.17. The topological polar surface area (TPSA) is 27.7 Å². The van der Waals surface area contributed by atoms with Crippen LogP contribution in [-0.2, 0) is 14.2 Å². The summed E-state index contributed by atoms with van der Waals surface area (Å²) in [5.74, 6) is -0.567. The molecule has 0 aliphatic carbocycles. The predicted molar refractivity (Wildman–Crippen MR) is 159 cm³/mol. The van der Waals surface area contributed by atoms with E-state index in [-0.39, 0.29) is 0 Å². The Labute approximate surface area is 228 Å². The molecule has 1 unspecified atom stereocenters. The van der Waals surface area contributed by atoms with Gasteiger partial charge >= 0.3 is 0 Å². The highest BCUT2D eigenvalue weighted by Crippen LogP contribution is 2.33. The minimum atomic E-state index is -0.877. The van der Waals surface area contributed by atoms with Crippen molar-refractivity contribution in [3.63, 3.8) is 0 Å². The van der Waals surface area contributed by atoms with Gasteiger partial charge in [0, 0.05) is 27.2 Å². The van der Waals surface area contributed by atoms with Gasteiger partial charge in [0.15, 0.2) is 0 Å². The monoisotopic (exact) mass is 513 g/mol. The van der Waals surface area contributed by atoms with Gasteiger partial charge < -0.3 is 14.2 Å². The summed E-state index contributed by atoms with van der Waals surface area (Å²) in [5.41, 5.74) is 0. The zero-order chi connectivity index (χ0) is 26.6. The highest BCUT2D eigenvalue weighted by Gasteiger charge is 2.39. The summed E-state index contributed by atoms with van der Waals surface area (Å²) in [5, 5.41) is 0. The highest BCUT2D eigenvalue weighted by molar-refractivity contribution is 4.72. The van der Waals surface area contributed by atoms with Crippen molar-refractivity contribution >= 4 is 0 Å². The maximum absolute atomic E-state index is 5.74. The number of hydrogen-bond acceptors (Lipinski definition) is 3. The van der Waals surface area contributed by atoms with Crippen molar-refractivity contribution in [2.45, 2.75) is 187 Å². The molecule has 0 aromatic carbocycles. The second-order valence-corrected chi connectivity index (χ2v) is 11.3. The molecule has 0 aliphatic rings. The highest BCUT2D eigenvalue weighted by atomic mass is 16.9. The van der Waals surface area contributed by atoms with Gasteiger partial charge in [-0.05, 0) is 12.8 Å². The molecule has 3 nitrogen and oxygen atoms in total. The molecule has 1 atom stereocenters. The third kappa shape index (κ3) is 19.9. The van der Waals surface area contributed by atoms with Crippen molar-refractivity contribution in [2.75, 3.05) is 21.3 Å². The number of hydrogen-bond donors (Lipinski definition) is 0. The van der Waals surface area contributed by atoms with E-state index in [1.54, 1.807) is 21.3 Å². The number of methoxy groups -OCH3 is 3. The molecule has 0 aliphatic heterocycles. The normalized spacial score (nSPS) is 12.9. The Morgan fingerprint density at radius 3 is 0.806 bits per heavy atom. The van der Waals surface area contributed by atoms with Gasteiger partial charge in [-0.25, -0.2) is 0 Å². The number of unbranched alkanes of at least 4 members (excludes halogenated alkanes) is 22. The van der Waals surface area contributed by atoms with Crippen LogP contribution in [0.1, 0.15) is 181 Å². The molecule has 218 valence electrons. The lowest BCUT2D eigenvalue weighted by molar-refractivity contribution is -0.380. The van der Waals surface area contributed by atoms with Gasteiger partial charge in [0.05, 0.1) is 0 Å².